The smallest absolute Gasteiger partial charge is 0.131 e. The summed E-state index contributed by atoms with van der Waals surface area (Å²) in [5.41, 5.74) is 0. The van der Waals surface area contributed by atoms with Crippen LogP contribution in [-0.4, -0.2) is 60.2 Å². The lowest BCUT2D eigenvalue weighted by atomic mass is 9.94. The minimum absolute atomic E-state index is 0.193. The van der Waals surface area contributed by atoms with Crippen LogP contribution in [0.1, 0.15) is 26.7 Å². The second kappa shape index (κ2) is 9.00. The Balaban J connectivity index is 1.93. The summed E-state index contributed by atoms with van der Waals surface area (Å²) in [7, 11) is 1.56. The average Bonchev–Trinajstić information content (AvgIpc) is 2.54. The first-order valence-electron chi connectivity index (χ1n) is 8.21. The second-order valence-corrected chi connectivity index (χ2v) is 6.25. The summed E-state index contributed by atoms with van der Waals surface area (Å²) in [4.78, 5) is 8.46. The van der Waals surface area contributed by atoms with Crippen molar-refractivity contribution in [2.24, 2.45) is 5.92 Å². The van der Waals surface area contributed by atoms with Gasteiger partial charge >= 0.3 is 0 Å². The van der Waals surface area contributed by atoms with Crippen LogP contribution >= 0.6 is 0 Å². The molecule has 0 spiro atoms. The quantitative estimate of drug-likeness (QED) is 0.668. The van der Waals surface area contributed by atoms with Gasteiger partial charge in [0.1, 0.15) is 18.0 Å². The molecule has 2 rings (SSSR count). The fraction of sp³-hybridized carbons (Fsp3) is 0.750. The first kappa shape index (κ1) is 17.9. The molecule has 1 fully saturated rings. The molecule has 0 bridgehead atoms. The highest BCUT2D eigenvalue weighted by Gasteiger charge is 2.28. The standard InChI is InChI=1S/C16H28N4O3/c1-11(2)16-13(5-4-6-23-16)20-15-7-14(18-10-19-15)17-8-12(21)9-22-3/h7,10-13,16,21H,4-6,8-9H2,1-3H3,(H2,17,18,19,20)/t12-,13-,16+/m1/s1. The number of nitrogens with one attached hydrogen (secondary N) is 2. The normalized spacial score (nSPS) is 22.8. The number of ether oxygens (including phenoxy) is 2. The Morgan fingerprint density at radius 2 is 2.17 bits per heavy atom. The summed E-state index contributed by atoms with van der Waals surface area (Å²) in [5, 5.41) is 16.2. The van der Waals surface area contributed by atoms with Gasteiger partial charge in [0.2, 0.25) is 0 Å². The van der Waals surface area contributed by atoms with E-state index in [1.54, 1.807) is 7.11 Å². The van der Waals surface area contributed by atoms with Crippen LogP contribution in [0.5, 0.6) is 0 Å². The molecule has 0 aliphatic carbocycles. The summed E-state index contributed by atoms with van der Waals surface area (Å²) in [6.45, 7) is 5.85. The van der Waals surface area contributed by atoms with Gasteiger partial charge in [0, 0.05) is 26.3 Å². The number of nitrogens with zero attached hydrogens (tertiary/aromatic N) is 2. The molecule has 23 heavy (non-hydrogen) atoms. The van der Waals surface area contributed by atoms with Crippen LogP contribution in [0.3, 0.4) is 0 Å². The van der Waals surface area contributed by atoms with Crippen molar-refractivity contribution in [2.75, 3.05) is 37.5 Å². The van der Waals surface area contributed by atoms with Crippen molar-refractivity contribution in [1.29, 1.82) is 0 Å². The van der Waals surface area contributed by atoms with Crippen LogP contribution in [0, 0.1) is 5.92 Å². The number of methoxy groups -OCH3 is 1. The molecule has 1 aromatic heterocycles. The number of rotatable bonds is 8. The number of anilines is 2. The van der Waals surface area contributed by atoms with Crippen LogP contribution < -0.4 is 10.6 Å². The molecule has 130 valence electrons. The fourth-order valence-electron chi connectivity index (χ4n) is 2.81. The van der Waals surface area contributed by atoms with Crippen molar-refractivity contribution in [3.05, 3.63) is 12.4 Å². The van der Waals surface area contributed by atoms with Crippen LogP contribution in [-0.2, 0) is 9.47 Å². The van der Waals surface area contributed by atoms with Gasteiger partial charge in [-0.15, -0.1) is 0 Å². The third-order valence-electron chi connectivity index (χ3n) is 3.90. The lowest BCUT2D eigenvalue weighted by Crippen LogP contribution is -2.43. The van der Waals surface area contributed by atoms with E-state index in [1.165, 1.54) is 6.33 Å². The highest BCUT2D eigenvalue weighted by atomic mass is 16.5. The van der Waals surface area contributed by atoms with Crippen molar-refractivity contribution >= 4 is 11.6 Å². The SMILES string of the molecule is COC[C@H](O)CNc1cc(N[C@@H]2CCCO[C@H]2C(C)C)ncn1. The molecule has 7 nitrogen and oxygen atoms in total. The van der Waals surface area contributed by atoms with Crippen molar-refractivity contribution in [3.63, 3.8) is 0 Å². The molecule has 0 radical (unpaired) electrons. The number of hydrogen-bond acceptors (Lipinski definition) is 7. The Hall–Kier alpha value is -1.44. The van der Waals surface area contributed by atoms with E-state index >= 15 is 0 Å². The van der Waals surface area contributed by atoms with E-state index in [0.29, 0.717) is 24.9 Å². The topological polar surface area (TPSA) is 88.5 Å². The maximum atomic E-state index is 9.67. The van der Waals surface area contributed by atoms with Crippen LogP contribution in [0.25, 0.3) is 0 Å². The molecule has 2 heterocycles. The zero-order valence-corrected chi connectivity index (χ0v) is 14.2. The summed E-state index contributed by atoms with van der Waals surface area (Å²) >= 11 is 0. The largest absolute Gasteiger partial charge is 0.389 e. The molecule has 3 atom stereocenters. The van der Waals surface area contributed by atoms with Crippen molar-refractivity contribution in [2.45, 2.75) is 44.9 Å². The fourth-order valence-corrected chi connectivity index (χ4v) is 2.81. The Bertz CT molecular complexity index is 472. The van der Waals surface area contributed by atoms with Gasteiger partial charge in [0.05, 0.1) is 24.9 Å². The van der Waals surface area contributed by atoms with Gasteiger partial charge in [0.25, 0.3) is 0 Å². The minimum Gasteiger partial charge on any atom is -0.389 e. The Morgan fingerprint density at radius 3 is 2.91 bits per heavy atom. The number of aliphatic hydroxyl groups is 1. The molecule has 1 aliphatic heterocycles. The van der Waals surface area contributed by atoms with Gasteiger partial charge in [0.15, 0.2) is 0 Å². The third kappa shape index (κ3) is 5.60. The van der Waals surface area contributed by atoms with Crippen molar-refractivity contribution in [1.82, 2.24) is 9.97 Å². The Labute approximate surface area is 137 Å². The molecule has 1 aliphatic rings. The van der Waals surface area contributed by atoms with Crippen LogP contribution in [0.2, 0.25) is 0 Å². The van der Waals surface area contributed by atoms with Gasteiger partial charge in [-0.3, -0.25) is 0 Å². The lowest BCUT2D eigenvalue weighted by molar-refractivity contribution is -0.0203. The van der Waals surface area contributed by atoms with E-state index in [9.17, 15) is 5.11 Å². The Kier molecular flexibility index (Phi) is 7.01. The molecule has 1 aromatic rings. The predicted octanol–water partition coefficient (Wildman–Crippen LogP) is 1.51. The lowest BCUT2D eigenvalue weighted by Gasteiger charge is -2.35. The second-order valence-electron chi connectivity index (χ2n) is 6.25. The zero-order valence-electron chi connectivity index (χ0n) is 14.2. The molecule has 0 aromatic carbocycles. The van der Waals surface area contributed by atoms with Crippen molar-refractivity contribution < 1.29 is 14.6 Å². The maximum absolute atomic E-state index is 9.67. The molecule has 3 N–H and O–H groups in total. The molecule has 1 saturated heterocycles. The molecule has 0 saturated carbocycles. The van der Waals surface area contributed by atoms with E-state index in [0.717, 1.165) is 25.3 Å². The predicted molar refractivity (Wildman–Crippen MR) is 89.6 cm³/mol. The Morgan fingerprint density at radius 1 is 1.39 bits per heavy atom. The molecule has 7 heteroatoms. The van der Waals surface area contributed by atoms with E-state index in [2.05, 4.69) is 34.4 Å². The first-order valence-corrected chi connectivity index (χ1v) is 8.21. The van der Waals surface area contributed by atoms with Crippen molar-refractivity contribution in [3.8, 4) is 0 Å². The molecular weight excluding hydrogens is 296 g/mol. The summed E-state index contributed by atoms with van der Waals surface area (Å²) in [5.74, 6) is 1.90. The van der Waals surface area contributed by atoms with E-state index < -0.39 is 6.10 Å². The van der Waals surface area contributed by atoms with E-state index in [-0.39, 0.29) is 12.1 Å². The summed E-state index contributed by atoms with van der Waals surface area (Å²) < 4.78 is 10.8. The van der Waals surface area contributed by atoms with Gasteiger partial charge in [-0.1, -0.05) is 13.8 Å². The maximum Gasteiger partial charge on any atom is 0.131 e. The summed E-state index contributed by atoms with van der Waals surface area (Å²) in [6.07, 6.45) is 3.27. The van der Waals surface area contributed by atoms with Gasteiger partial charge < -0.3 is 25.2 Å². The molecule has 0 amide bonds. The van der Waals surface area contributed by atoms with Crippen LogP contribution in [0.15, 0.2) is 12.4 Å². The highest BCUT2D eigenvalue weighted by Crippen LogP contribution is 2.23. The summed E-state index contributed by atoms with van der Waals surface area (Å²) in [6, 6.07) is 2.11. The number of hydrogen-bond donors (Lipinski definition) is 3. The first-order chi connectivity index (χ1) is 11.1. The van der Waals surface area contributed by atoms with Gasteiger partial charge in [-0.2, -0.15) is 0 Å². The highest BCUT2D eigenvalue weighted by molar-refractivity contribution is 5.47. The van der Waals surface area contributed by atoms with E-state index in [4.69, 9.17) is 9.47 Å². The monoisotopic (exact) mass is 324 g/mol. The minimum atomic E-state index is -0.566. The molecule has 0 unspecified atom stereocenters. The van der Waals surface area contributed by atoms with Gasteiger partial charge in [-0.05, 0) is 18.8 Å². The molecular formula is C16H28N4O3. The van der Waals surface area contributed by atoms with E-state index in [1.807, 2.05) is 6.07 Å². The third-order valence-corrected chi connectivity index (χ3v) is 3.90. The number of aliphatic hydroxyl groups excluding tert-OH is 1. The van der Waals surface area contributed by atoms with Gasteiger partial charge in [-0.25, -0.2) is 9.97 Å². The zero-order chi connectivity index (χ0) is 16.7. The van der Waals surface area contributed by atoms with Crippen LogP contribution in [0.4, 0.5) is 11.6 Å². The average molecular weight is 324 g/mol. The number of aromatic nitrogens is 2.